The normalized spacial score (nSPS) is 20.8. The molecule has 7 heteroatoms. The first kappa shape index (κ1) is 13.2. The Hall–Kier alpha value is -1.21. The van der Waals surface area contributed by atoms with E-state index >= 15 is 0 Å². The Labute approximate surface area is 111 Å². The van der Waals surface area contributed by atoms with Gasteiger partial charge in [-0.15, -0.1) is 5.10 Å². The van der Waals surface area contributed by atoms with Gasteiger partial charge in [0.1, 0.15) is 10.7 Å². The first-order chi connectivity index (χ1) is 8.72. The Morgan fingerprint density at radius 2 is 2.44 bits per heavy atom. The average molecular weight is 269 g/mol. The highest BCUT2D eigenvalue weighted by Crippen LogP contribution is 2.23. The molecule has 3 N–H and O–H groups in total. The van der Waals surface area contributed by atoms with Gasteiger partial charge in [0.05, 0.1) is 6.04 Å². The second kappa shape index (κ2) is 6.10. The quantitative estimate of drug-likeness (QED) is 0.826. The van der Waals surface area contributed by atoms with Crippen LogP contribution in [0.15, 0.2) is 0 Å². The predicted molar refractivity (Wildman–Crippen MR) is 71.3 cm³/mol. The van der Waals surface area contributed by atoms with Gasteiger partial charge in [-0.25, -0.2) is 0 Å². The van der Waals surface area contributed by atoms with Crippen molar-refractivity contribution in [2.45, 2.75) is 38.8 Å². The van der Waals surface area contributed by atoms with Crippen LogP contribution in [0.1, 0.15) is 31.9 Å². The Morgan fingerprint density at radius 3 is 3.17 bits per heavy atom. The zero-order valence-corrected chi connectivity index (χ0v) is 11.4. The molecule has 1 aliphatic rings. The summed E-state index contributed by atoms with van der Waals surface area (Å²) in [5.74, 6) is -0.233. The smallest absolute Gasteiger partial charge is 0.234 e. The molecule has 1 amide bonds. The van der Waals surface area contributed by atoms with Crippen molar-refractivity contribution in [2.24, 2.45) is 5.73 Å². The van der Waals surface area contributed by atoms with Gasteiger partial charge in [0.25, 0.3) is 0 Å². The highest BCUT2D eigenvalue weighted by atomic mass is 32.1. The molecule has 18 heavy (non-hydrogen) atoms. The Morgan fingerprint density at radius 1 is 1.61 bits per heavy atom. The molecule has 1 fully saturated rings. The van der Waals surface area contributed by atoms with Crippen molar-refractivity contribution in [3.05, 3.63) is 5.69 Å². The molecule has 2 rings (SSSR count). The van der Waals surface area contributed by atoms with Crippen LogP contribution in [-0.2, 0) is 11.3 Å². The standard InChI is InChI=1S/C11H19N5OS/c1-2-13-11-8(14-15-18-11)7-16-6-4-3-5-9(16)10(12)17/h9,13H,2-7H2,1H3,(H2,12,17). The fourth-order valence-electron chi connectivity index (χ4n) is 2.30. The molecular weight excluding hydrogens is 250 g/mol. The van der Waals surface area contributed by atoms with Crippen LogP contribution in [0.4, 0.5) is 5.00 Å². The molecule has 1 aromatic heterocycles. The van der Waals surface area contributed by atoms with Gasteiger partial charge in [-0.1, -0.05) is 10.9 Å². The molecule has 1 aromatic rings. The van der Waals surface area contributed by atoms with E-state index in [1.165, 1.54) is 11.5 Å². The van der Waals surface area contributed by atoms with Crippen LogP contribution < -0.4 is 11.1 Å². The monoisotopic (exact) mass is 269 g/mol. The van der Waals surface area contributed by atoms with Crippen molar-refractivity contribution in [3.8, 4) is 0 Å². The van der Waals surface area contributed by atoms with Crippen LogP contribution >= 0.6 is 11.5 Å². The summed E-state index contributed by atoms with van der Waals surface area (Å²) >= 11 is 1.36. The lowest BCUT2D eigenvalue weighted by Crippen LogP contribution is -2.47. The number of carbonyl (C=O) groups is 1. The summed E-state index contributed by atoms with van der Waals surface area (Å²) in [6.45, 7) is 4.43. The van der Waals surface area contributed by atoms with Crippen molar-refractivity contribution < 1.29 is 4.79 Å². The van der Waals surface area contributed by atoms with Crippen LogP contribution in [-0.4, -0.2) is 39.5 Å². The maximum atomic E-state index is 11.4. The number of primary amides is 1. The second-order valence-electron chi connectivity index (χ2n) is 4.46. The van der Waals surface area contributed by atoms with E-state index in [2.05, 4.69) is 19.8 Å². The topological polar surface area (TPSA) is 84.1 Å². The summed E-state index contributed by atoms with van der Waals surface area (Å²) in [6, 6.07) is -0.157. The third kappa shape index (κ3) is 2.97. The molecular formula is C11H19N5OS. The van der Waals surface area contributed by atoms with Crippen LogP contribution in [0.5, 0.6) is 0 Å². The minimum atomic E-state index is -0.233. The van der Waals surface area contributed by atoms with E-state index < -0.39 is 0 Å². The van der Waals surface area contributed by atoms with Gasteiger partial charge in [0, 0.05) is 24.6 Å². The van der Waals surface area contributed by atoms with E-state index in [0.29, 0.717) is 6.54 Å². The number of nitrogens with zero attached hydrogens (tertiary/aromatic N) is 3. The largest absolute Gasteiger partial charge is 0.374 e. The van der Waals surface area contributed by atoms with E-state index in [-0.39, 0.29) is 11.9 Å². The summed E-state index contributed by atoms with van der Waals surface area (Å²) < 4.78 is 3.96. The highest BCUT2D eigenvalue weighted by Gasteiger charge is 2.28. The van der Waals surface area contributed by atoms with Gasteiger partial charge >= 0.3 is 0 Å². The lowest BCUT2D eigenvalue weighted by Gasteiger charge is -2.33. The van der Waals surface area contributed by atoms with E-state index in [4.69, 9.17) is 5.73 Å². The maximum Gasteiger partial charge on any atom is 0.234 e. The van der Waals surface area contributed by atoms with Gasteiger partial charge < -0.3 is 11.1 Å². The van der Waals surface area contributed by atoms with Crippen molar-refractivity contribution in [3.63, 3.8) is 0 Å². The molecule has 6 nitrogen and oxygen atoms in total. The van der Waals surface area contributed by atoms with Crippen molar-refractivity contribution in [1.82, 2.24) is 14.5 Å². The molecule has 0 spiro atoms. The number of nitrogens with two attached hydrogens (primary N) is 1. The predicted octanol–water partition coefficient (Wildman–Crippen LogP) is 0.810. The van der Waals surface area contributed by atoms with E-state index in [1.54, 1.807) is 0 Å². The minimum Gasteiger partial charge on any atom is -0.374 e. The number of carbonyl (C=O) groups excluding carboxylic acids is 1. The number of likely N-dealkylation sites (tertiary alicyclic amines) is 1. The summed E-state index contributed by atoms with van der Waals surface area (Å²) in [5, 5.41) is 8.37. The fourth-order valence-corrected chi connectivity index (χ4v) is 2.94. The van der Waals surface area contributed by atoms with Crippen LogP contribution in [0.25, 0.3) is 0 Å². The second-order valence-corrected chi connectivity index (χ2v) is 5.22. The van der Waals surface area contributed by atoms with Gasteiger partial charge in [0.15, 0.2) is 0 Å². The minimum absolute atomic E-state index is 0.157. The Balaban J connectivity index is 2.06. The number of amides is 1. The lowest BCUT2D eigenvalue weighted by atomic mass is 10.0. The maximum absolute atomic E-state index is 11.4. The van der Waals surface area contributed by atoms with Crippen molar-refractivity contribution in [2.75, 3.05) is 18.4 Å². The third-order valence-electron chi connectivity index (χ3n) is 3.19. The number of rotatable bonds is 5. The summed E-state index contributed by atoms with van der Waals surface area (Å²) in [4.78, 5) is 13.5. The summed E-state index contributed by atoms with van der Waals surface area (Å²) in [7, 11) is 0. The molecule has 0 aliphatic carbocycles. The number of piperidine rings is 1. The van der Waals surface area contributed by atoms with Gasteiger partial charge in [-0.3, -0.25) is 9.69 Å². The van der Waals surface area contributed by atoms with Crippen LogP contribution in [0, 0.1) is 0 Å². The van der Waals surface area contributed by atoms with E-state index in [0.717, 1.165) is 43.0 Å². The number of nitrogens with one attached hydrogen (secondary N) is 1. The first-order valence-electron chi connectivity index (χ1n) is 6.30. The molecule has 0 aromatic carbocycles. The zero-order valence-electron chi connectivity index (χ0n) is 10.6. The van der Waals surface area contributed by atoms with Gasteiger partial charge in [0.2, 0.25) is 5.91 Å². The lowest BCUT2D eigenvalue weighted by molar-refractivity contribution is -0.124. The van der Waals surface area contributed by atoms with Gasteiger partial charge in [-0.05, 0) is 26.3 Å². The number of anilines is 1. The molecule has 100 valence electrons. The molecule has 0 bridgehead atoms. The SMILES string of the molecule is CCNc1snnc1CN1CCCCC1C(N)=O. The number of aromatic nitrogens is 2. The molecule has 2 heterocycles. The molecule has 1 aliphatic heterocycles. The highest BCUT2D eigenvalue weighted by molar-refractivity contribution is 7.10. The summed E-state index contributed by atoms with van der Waals surface area (Å²) in [5.41, 5.74) is 6.37. The summed E-state index contributed by atoms with van der Waals surface area (Å²) in [6.07, 6.45) is 3.03. The van der Waals surface area contributed by atoms with Crippen molar-refractivity contribution >= 4 is 22.4 Å². The number of hydrogen-bond donors (Lipinski definition) is 2. The van der Waals surface area contributed by atoms with Crippen LogP contribution in [0.3, 0.4) is 0 Å². The van der Waals surface area contributed by atoms with E-state index in [1.807, 2.05) is 6.92 Å². The molecule has 0 radical (unpaired) electrons. The average Bonchev–Trinajstić information content (AvgIpc) is 2.78. The molecule has 1 saturated heterocycles. The zero-order chi connectivity index (χ0) is 13.0. The molecule has 1 unspecified atom stereocenters. The Kier molecular flexibility index (Phi) is 4.48. The fraction of sp³-hybridized carbons (Fsp3) is 0.727. The Bertz CT molecular complexity index is 408. The number of hydrogen-bond acceptors (Lipinski definition) is 6. The molecule has 1 atom stereocenters. The third-order valence-corrected chi connectivity index (χ3v) is 3.91. The molecule has 0 saturated carbocycles. The van der Waals surface area contributed by atoms with Crippen molar-refractivity contribution in [1.29, 1.82) is 0 Å². The van der Waals surface area contributed by atoms with E-state index in [9.17, 15) is 4.79 Å². The first-order valence-corrected chi connectivity index (χ1v) is 7.08. The van der Waals surface area contributed by atoms with Crippen LogP contribution in [0.2, 0.25) is 0 Å². The van der Waals surface area contributed by atoms with Gasteiger partial charge in [-0.2, -0.15) is 0 Å².